The number of amides is 1. The van der Waals surface area contributed by atoms with E-state index in [2.05, 4.69) is 10.4 Å². The molecule has 4 rings (SSSR count). The highest BCUT2D eigenvalue weighted by Crippen LogP contribution is 2.22. The second kappa shape index (κ2) is 7.25. The maximum Gasteiger partial charge on any atom is 0.339 e. The molecule has 2 heterocycles. The molecule has 1 aliphatic rings. The van der Waals surface area contributed by atoms with Crippen molar-refractivity contribution in [2.75, 3.05) is 5.32 Å². The summed E-state index contributed by atoms with van der Waals surface area (Å²) in [7, 11) is 0. The van der Waals surface area contributed by atoms with Crippen LogP contribution in [0.25, 0.3) is 0 Å². The van der Waals surface area contributed by atoms with Crippen LogP contribution in [-0.4, -0.2) is 27.8 Å². The number of fused-ring (bicyclic) bond motifs is 1. The van der Waals surface area contributed by atoms with Crippen molar-refractivity contribution < 1.29 is 14.3 Å². The number of ether oxygens (including phenoxy) is 1. The fourth-order valence-corrected chi connectivity index (χ4v) is 3.23. The Labute approximate surface area is 160 Å². The minimum atomic E-state index is -0.879. The predicted octanol–water partition coefficient (Wildman–Crippen LogP) is 3.31. The lowest BCUT2D eigenvalue weighted by Crippen LogP contribution is -2.38. The largest absolute Gasteiger partial charge is 0.448 e. The zero-order valence-corrected chi connectivity index (χ0v) is 15.0. The molecular weight excluding hydrogens is 366 g/mol. The van der Waals surface area contributed by atoms with Crippen LogP contribution in [0.15, 0.2) is 60.8 Å². The van der Waals surface area contributed by atoms with Gasteiger partial charge in [-0.05, 0) is 23.3 Å². The maximum atomic E-state index is 12.6. The number of cyclic esters (lactones) is 1. The van der Waals surface area contributed by atoms with E-state index in [0.717, 1.165) is 11.1 Å². The summed E-state index contributed by atoms with van der Waals surface area (Å²) >= 11 is 6.20. The molecule has 1 aromatic heterocycles. The molecule has 1 unspecified atom stereocenters. The Kier molecular flexibility index (Phi) is 4.64. The number of aromatic nitrogens is 2. The van der Waals surface area contributed by atoms with Gasteiger partial charge in [0.15, 0.2) is 6.10 Å². The zero-order valence-electron chi connectivity index (χ0n) is 14.3. The van der Waals surface area contributed by atoms with Gasteiger partial charge in [-0.3, -0.25) is 4.79 Å². The summed E-state index contributed by atoms with van der Waals surface area (Å²) in [5.74, 6) is -0.366. The molecular formula is C20H16ClN3O3. The quantitative estimate of drug-likeness (QED) is 0.704. The number of esters is 1. The van der Waals surface area contributed by atoms with E-state index < -0.39 is 18.0 Å². The summed E-state index contributed by atoms with van der Waals surface area (Å²) in [4.78, 5) is 24.8. The third-order valence-corrected chi connectivity index (χ3v) is 4.80. The van der Waals surface area contributed by atoms with Crippen LogP contribution in [0.2, 0.25) is 5.02 Å². The SMILES string of the molecule is O=C1OC(C(=O)Nc2ccnn2Cc2ccccc2Cl)Cc2ccccc21. The van der Waals surface area contributed by atoms with E-state index in [0.29, 0.717) is 29.4 Å². The Balaban J connectivity index is 1.49. The number of hydrogen-bond donors (Lipinski definition) is 1. The summed E-state index contributed by atoms with van der Waals surface area (Å²) in [5.41, 5.74) is 2.19. The number of nitrogens with one attached hydrogen (secondary N) is 1. The first kappa shape index (κ1) is 17.3. The normalized spacial score (nSPS) is 15.7. The minimum absolute atomic E-state index is 0.340. The van der Waals surface area contributed by atoms with E-state index in [1.54, 1.807) is 35.1 Å². The Morgan fingerprint density at radius 3 is 2.81 bits per heavy atom. The first-order valence-electron chi connectivity index (χ1n) is 8.47. The van der Waals surface area contributed by atoms with Gasteiger partial charge in [0.1, 0.15) is 5.82 Å². The Hall–Kier alpha value is -3.12. The first-order chi connectivity index (χ1) is 13.1. The van der Waals surface area contributed by atoms with Crippen LogP contribution in [0.3, 0.4) is 0 Å². The number of anilines is 1. The zero-order chi connectivity index (χ0) is 18.8. The average molecular weight is 382 g/mol. The first-order valence-corrected chi connectivity index (χ1v) is 8.84. The number of hydrogen-bond acceptors (Lipinski definition) is 4. The highest BCUT2D eigenvalue weighted by Gasteiger charge is 2.31. The van der Waals surface area contributed by atoms with Crippen LogP contribution in [0, 0.1) is 0 Å². The number of nitrogens with zero attached hydrogens (tertiary/aromatic N) is 2. The van der Waals surface area contributed by atoms with Gasteiger partial charge < -0.3 is 10.1 Å². The van der Waals surface area contributed by atoms with Crippen molar-refractivity contribution in [3.05, 3.63) is 82.5 Å². The monoisotopic (exact) mass is 381 g/mol. The summed E-state index contributed by atoms with van der Waals surface area (Å²) in [6.45, 7) is 0.412. The van der Waals surface area contributed by atoms with Gasteiger partial charge in [-0.15, -0.1) is 0 Å². The van der Waals surface area contributed by atoms with E-state index in [1.165, 1.54) is 0 Å². The van der Waals surface area contributed by atoms with Crippen LogP contribution in [0.1, 0.15) is 21.5 Å². The fourth-order valence-electron chi connectivity index (χ4n) is 3.04. The Morgan fingerprint density at radius 2 is 1.96 bits per heavy atom. The second-order valence-corrected chi connectivity index (χ2v) is 6.62. The molecule has 0 bridgehead atoms. The summed E-state index contributed by atoms with van der Waals surface area (Å²) in [6, 6.07) is 16.3. The fraction of sp³-hybridized carbons (Fsp3) is 0.150. The highest BCUT2D eigenvalue weighted by atomic mass is 35.5. The van der Waals surface area contributed by atoms with Crippen molar-refractivity contribution in [2.45, 2.75) is 19.1 Å². The van der Waals surface area contributed by atoms with Crippen molar-refractivity contribution in [3.8, 4) is 0 Å². The third kappa shape index (κ3) is 3.57. The van der Waals surface area contributed by atoms with E-state index in [-0.39, 0.29) is 0 Å². The highest BCUT2D eigenvalue weighted by molar-refractivity contribution is 6.31. The number of halogens is 1. The van der Waals surface area contributed by atoms with E-state index >= 15 is 0 Å². The molecule has 1 aliphatic heterocycles. The lowest BCUT2D eigenvalue weighted by atomic mass is 9.98. The van der Waals surface area contributed by atoms with Crippen LogP contribution in [0.4, 0.5) is 5.82 Å². The topological polar surface area (TPSA) is 73.2 Å². The molecule has 6 nitrogen and oxygen atoms in total. The van der Waals surface area contributed by atoms with Gasteiger partial charge in [0.25, 0.3) is 5.91 Å². The number of benzene rings is 2. The van der Waals surface area contributed by atoms with Crippen LogP contribution < -0.4 is 5.32 Å². The standard InChI is InChI=1S/C20H16ClN3O3/c21-16-8-4-2-6-14(16)12-24-18(9-10-22-24)23-19(25)17-11-13-5-1-3-7-15(13)20(26)27-17/h1-10,17H,11-12H2,(H,23,25). The average Bonchev–Trinajstić information content (AvgIpc) is 3.10. The summed E-state index contributed by atoms with van der Waals surface area (Å²) < 4.78 is 6.94. The van der Waals surface area contributed by atoms with E-state index in [4.69, 9.17) is 16.3 Å². The molecule has 7 heteroatoms. The summed E-state index contributed by atoms with van der Waals surface area (Å²) in [5, 5.41) is 7.66. The smallest absolute Gasteiger partial charge is 0.339 e. The third-order valence-electron chi connectivity index (χ3n) is 4.43. The molecule has 2 aromatic carbocycles. The molecule has 27 heavy (non-hydrogen) atoms. The molecule has 1 atom stereocenters. The van der Waals surface area contributed by atoms with Crippen molar-refractivity contribution in [1.29, 1.82) is 0 Å². The Bertz CT molecular complexity index is 1010. The molecule has 0 saturated heterocycles. The van der Waals surface area contributed by atoms with Gasteiger partial charge in [0.05, 0.1) is 18.3 Å². The van der Waals surface area contributed by atoms with E-state index in [9.17, 15) is 9.59 Å². The minimum Gasteiger partial charge on any atom is -0.448 e. The lowest BCUT2D eigenvalue weighted by molar-refractivity contribution is -0.125. The molecule has 1 N–H and O–H groups in total. The molecule has 0 saturated carbocycles. The maximum absolute atomic E-state index is 12.6. The van der Waals surface area contributed by atoms with Gasteiger partial charge in [0.2, 0.25) is 0 Å². The lowest BCUT2D eigenvalue weighted by Gasteiger charge is -2.23. The molecule has 0 spiro atoms. The molecule has 0 fully saturated rings. The predicted molar refractivity (Wildman–Crippen MR) is 101 cm³/mol. The molecule has 0 radical (unpaired) electrons. The van der Waals surface area contributed by atoms with Gasteiger partial charge in [-0.1, -0.05) is 48.0 Å². The Morgan fingerprint density at radius 1 is 1.19 bits per heavy atom. The molecule has 0 aliphatic carbocycles. The summed E-state index contributed by atoms with van der Waals surface area (Å²) in [6.07, 6.45) is 1.05. The van der Waals surface area contributed by atoms with Crippen LogP contribution >= 0.6 is 11.6 Å². The van der Waals surface area contributed by atoms with Crippen molar-refractivity contribution in [1.82, 2.24) is 9.78 Å². The van der Waals surface area contributed by atoms with Gasteiger partial charge >= 0.3 is 5.97 Å². The van der Waals surface area contributed by atoms with Gasteiger partial charge in [-0.2, -0.15) is 5.10 Å². The van der Waals surface area contributed by atoms with Crippen molar-refractivity contribution in [3.63, 3.8) is 0 Å². The molecule has 3 aromatic rings. The molecule has 136 valence electrons. The van der Waals surface area contributed by atoms with Crippen LogP contribution in [-0.2, 0) is 22.5 Å². The van der Waals surface area contributed by atoms with Crippen LogP contribution in [0.5, 0.6) is 0 Å². The van der Waals surface area contributed by atoms with Gasteiger partial charge in [0, 0.05) is 17.5 Å². The van der Waals surface area contributed by atoms with E-state index in [1.807, 2.05) is 30.3 Å². The number of carbonyl (C=O) groups is 2. The number of rotatable bonds is 4. The van der Waals surface area contributed by atoms with Crippen molar-refractivity contribution >= 4 is 29.3 Å². The number of carbonyl (C=O) groups excluding carboxylic acids is 2. The molecule has 1 amide bonds. The van der Waals surface area contributed by atoms with Crippen molar-refractivity contribution in [2.24, 2.45) is 0 Å². The second-order valence-electron chi connectivity index (χ2n) is 6.21. The van der Waals surface area contributed by atoms with Gasteiger partial charge in [-0.25, -0.2) is 9.48 Å².